The molecule has 2 atom stereocenters. The number of carboxylic acid groups (broad SMARTS) is 1. The summed E-state index contributed by atoms with van der Waals surface area (Å²) >= 11 is 1.49. The van der Waals surface area contributed by atoms with E-state index in [0.29, 0.717) is 37.6 Å². The Morgan fingerprint density at radius 2 is 2.32 bits per heavy atom. The zero-order valence-electron chi connectivity index (χ0n) is 18.0. The number of esters is 1. The molecule has 9 nitrogen and oxygen atoms in total. The van der Waals surface area contributed by atoms with Crippen LogP contribution in [0.1, 0.15) is 38.1 Å². The van der Waals surface area contributed by atoms with Gasteiger partial charge in [-0.25, -0.2) is 9.78 Å². The van der Waals surface area contributed by atoms with E-state index in [2.05, 4.69) is 20.2 Å². The van der Waals surface area contributed by atoms with E-state index in [1.54, 1.807) is 20.0 Å². The van der Waals surface area contributed by atoms with Crippen LogP contribution in [0, 0.1) is 5.92 Å². The van der Waals surface area contributed by atoms with Gasteiger partial charge in [-0.1, -0.05) is 6.92 Å². The SMILES string of the molecule is CCOC(=O)C1=C(CN2CCO[C@H](CCCC(C)C(=O)O)C2)NC(c2nccs2)=NC1. The Kier molecular flexibility index (Phi) is 8.56. The Hall–Kier alpha value is -2.30. The first-order valence-corrected chi connectivity index (χ1v) is 11.5. The number of hydrogen-bond acceptors (Lipinski definition) is 9. The van der Waals surface area contributed by atoms with Crippen molar-refractivity contribution < 1.29 is 24.2 Å². The van der Waals surface area contributed by atoms with E-state index >= 15 is 0 Å². The highest BCUT2D eigenvalue weighted by molar-refractivity contribution is 7.11. The predicted molar refractivity (Wildman–Crippen MR) is 117 cm³/mol. The molecule has 2 aliphatic rings. The molecular weight excluding hydrogens is 420 g/mol. The monoisotopic (exact) mass is 450 g/mol. The molecule has 1 fully saturated rings. The summed E-state index contributed by atoms with van der Waals surface area (Å²) in [5.74, 6) is -0.775. The molecule has 0 saturated carbocycles. The quantitative estimate of drug-likeness (QED) is 0.520. The second-order valence-corrected chi connectivity index (χ2v) is 8.60. The number of morpholine rings is 1. The highest BCUT2D eigenvalue weighted by atomic mass is 32.1. The van der Waals surface area contributed by atoms with Crippen molar-refractivity contribution >= 4 is 29.1 Å². The van der Waals surface area contributed by atoms with Gasteiger partial charge in [0, 0.05) is 36.9 Å². The van der Waals surface area contributed by atoms with E-state index in [1.165, 1.54) is 11.3 Å². The largest absolute Gasteiger partial charge is 0.481 e. The molecule has 1 unspecified atom stereocenters. The van der Waals surface area contributed by atoms with Crippen LogP contribution < -0.4 is 5.32 Å². The Balaban J connectivity index is 1.62. The maximum atomic E-state index is 12.5. The van der Waals surface area contributed by atoms with Crippen LogP contribution in [0.2, 0.25) is 0 Å². The maximum Gasteiger partial charge on any atom is 0.337 e. The van der Waals surface area contributed by atoms with Crippen molar-refractivity contribution in [2.45, 2.75) is 39.2 Å². The molecule has 3 heterocycles. The zero-order valence-corrected chi connectivity index (χ0v) is 18.8. The molecule has 2 aliphatic heterocycles. The van der Waals surface area contributed by atoms with Crippen molar-refractivity contribution in [3.05, 3.63) is 27.9 Å². The Labute approximate surface area is 186 Å². The first-order valence-electron chi connectivity index (χ1n) is 10.6. The maximum absolute atomic E-state index is 12.5. The van der Waals surface area contributed by atoms with E-state index in [0.717, 1.165) is 36.6 Å². The van der Waals surface area contributed by atoms with Crippen molar-refractivity contribution in [3.63, 3.8) is 0 Å². The molecule has 0 amide bonds. The summed E-state index contributed by atoms with van der Waals surface area (Å²) in [5.41, 5.74) is 1.33. The number of nitrogens with zero attached hydrogens (tertiary/aromatic N) is 3. The number of thiazole rings is 1. The molecule has 0 bridgehead atoms. The van der Waals surface area contributed by atoms with Gasteiger partial charge in [0.05, 0.1) is 37.4 Å². The number of carbonyl (C=O) groups is 2. The Morgan fingerprint density at radius 1 is 1.48 bits per heavy atom. The van der Waals surface area contributed by atoms with Gasteiger partial charge in [0.2, 0.25) is 0 Å². The van der Waals surface area contributed by atoms with Gasteiger partial charge in [0.25, 0.3) is 0 Å². The molecule has 3 rings (SSSR count). The van der Waals surface area contributed by atoms with Gasteiger partial charge in [-0.3, -0.25) is 14.7 Å². The second-order valence-electron chi connectivity index (χ2n) is 7.70. The summed E-state index contributed by atoms with van der Waals surface area (Å²) in [6, 6.07) is 0. The lowest BCUT2D eigenvalue weighted by Gasteiger charge is -2.34. The fraction of sp³-hybridized carbons (Fsp3) is 0.619. The number of aliphatic imine (C=N–C) groups is 1. The lowest BCUT2D eigenvalue weighted by atomic mass is 10.0. The third kappa shape index (κ3) is 6.59. The number of nitrogens with one attached hydrogen (secondary N) is 1. The summed E-state index contributed by atoms with van der Waals surface area (Å²) in [6.07, 6.45) is 4.05. The Morgan fingerprint density at radius 3 is 3.03 bits per heavy atom. The first kappa shape index (κ1) is 23.4. The molecule has 0 spiro atoms. The first-order chi connectivity index (χ1) is 15.0. The number of aliphatic carboxylic acids is 1. The predicted octanol–water partition coefficient (Wildman–Crippen LogP) is 1.90. The molecule has 0 radical (unpaired) electrons. The molecule has 10 heteroatoms. The van der Waals surface area contributed by atoms with Gasteiger partial charge in [0.15, 0.2) is 10.8 Å². The fourth-order valence-corrected chi connectivity index (χ4v) is 4.21. The third-order valence-electron chi connectivity index (χ3n) is 5.38. The van der Waals surface area contributed by atoms with Gasteiger partial charge in [-0.2, -0.15) is 0 Å². The van der Waals surface area contributed by atoms with Crippen LogP contribution in [0.3, 0.4) is 0 Å². The Bertz CT molecular complexity index is 824. The second kappa shape index (κ2) is 11.4. The fourth-order valence-electron chi connectivity index (χ4n) is 3.61. The van der Waals surface area contributed by atoms with Crippen molar-refractivity contribution in [2.75, 3.05) is 39.4 Å². The van der Waals surface area contributed by atoms with Crippen LogP contribution >= 0.6 is 11.3 Å². The van der Waals surface area contributed by atoms with Crippen LogP contribution in [0.4, 0.5) is 0 Å². The van der Waals surface area contributed by atoms with Crippen molar-refractivity contribution in [1.29, 1.82) is 0 Å². The van der Waals surface area contributed by atoms with Gasteiger partial charge < -0.3 is 19.9 Å². The van der Waals surface area contributed by atoms with Crippen molar-refractivity contribution in [2.24, 2.45) is 10.9 Å². The summed E-state index contributed by atoms with van der Waals surface area (Å²) < 4.78 is 11.1. The molecule has 1 saturated heterocycles. The lowest BCUT2D eigenvalue weighted by Crippen LogP contribution is -2.46. The minimum atomic E-state index is -0.759. The average molecular weight is 451 g/mol. The minimum absolute atomic E-state index is 0.0529. The molecule has 0 aromatic carbocycles. The van der Waals surface area contributed by atoms with Gasteiger partial charge in [-0.15, -0.1) is 11.3 Å². The summed E-state index contributed by atoms with van der Waals surface area (Å²) in [4.78, 5) is 34.5. The molecule has 31 heavy (non-hydrogen) atoms. The van der Waals surface area contributed by atoms with Gasteiger partial charge >= 0.3 is 11.9 Å². The third-order valence-corrected chi connectivity index (χ3v) is 6.15. The number of aromatic nitrogens is 1. The minimum Gasteiger partial charge on any atom is -0.481 e. The number of amidine groups is 1. The summed E-state index contributed by atoms with van der Waals surface area (Å²) in [5, 5.41) is 15.0. The van der Waals surface area contributed by atoms with Gasteiger partial charge in [-0.05, 0) is 26.2 Å². The van der Waals surface area contributed by atoms with Crippen molar-refractivity contribution in [3.8, 4) is 0 Å². The van der Waals surface area contributed by atoms with Crippen molar-refractivity contribution in [1.82, 2.24) is 15.2 Å². The summed E-state index contributed by atoms with van der Waals surface area (Å²) in [6.45, 7) is 6.74. The standard InChI is InChI=1S/C21H30N4O5S/c1-3-29-21(28)16-11-23-18(19-22-7-10-31-19)24-17(16)13-25-8-9-30-15(12-25)6-4-5-14(2)20(26)27/h7,10,14-15H,3-6,8-9,11-13H2,1-2H3,(H,23,24)(H,26,27)/t14?,15-/m1/s1. The van der Waals surface area contributed by atoms with E-state index in [4.69, 9.17) is 14.6 Å². The summed E-state index contributed by atoms with van der Waals surface area (Å²) in [7, 11) is 0. The van der Waals surface area contributed by atoms with Gasteiger partial charge in [0.1, 0.15) is 0 Å². The number of ether oxygens (including phenoxy) is 2. The highest BCUT2D eigenvalue weighted by Gasteiger charge is 2.27. The lowest BCUT2D eigenvalue weighted by molar-refractivity contribution is -0.141. The van der Waals surface area contributed by atoms with Crippen LogP contribution in [-0.4, -0.2) is 78.3 Å². The number of rotatable bonds is 10. The number of carboxylic acids is 1. The van der Waals surface area contributed by atoms with Crippen LogP contribution in [0.25, 0.3) is 0 Å². The number of hydrogen-bond donors (Lipinski definition) is 2. The molecule has 1 aromatic heterocycles. The molecule has 0 aliphatic carbocycles. The molecule has 2 N–H and O–H groups in total. The molecular formula is C21H30N4O5S. The normalized spacial score (nSPS) is 20.7. The van der Waals surface area contributed by atoms with Crippen LogP contribution in [0.15, 0.2) is 27.8 Å². The number of carbonyl (C=O) groups excluding carboxylic acids is 1. The van der Waals surface area contributed by atoms with Crippen LogP contribution in [0.5, 0.6) is 0 Å². The van der Waals surface area contributed by atoms with E-state index in [9.17, 15) is 9.59 Å². The van der Waals surface area contributed by atoms with E-state index in [-0.39, 0.29) is 24.5 Å². The zero-order chi connectivity index (χ0) is 22.2. The van der Waals surface area contributed by atoms with E-state index < -0.39 is 5.97 Å². The van der Waals surface area contributed by atoms with E-state index in [1.807, 2.05) is 5.38 Å². The van der Waals surface area contributed by atoms with Crippen LogP contribution in [-0.2, 0) is 19.1 Å². The topological polar surface area (TPSA) is 113 Å². The highest BCUT2D eigenvalue weighted by Crippen LogP contribution is 2.19. The molecule has 1 aromatic rings. The molecule has 170 valence electrons. The smallest absolute Gasteiger partial charge is 0.337 e. The average Bonchev–Trinajstić information content (AvgIpc) is 3.29.